The van der Waals surface area contributed by atoms with E-state index in [1.807, 2.05) is 6.07 Å². The summed E-state index contributed by atoms with van der Waals surface area (Å²) in [6.07, 6.45) is 0. The molecule has 1 aromatic carbocycles. The maximum Gasteiger partial charge on any atom is 0.191 e. The molecule has 0 radical (unpaired) electrons. The molecule has 144 valence electrons. The van der Waals surface area contributed by atoms with Gasteiger partial charge in [-0.1, -0.05) is 31.5 Å². The fourth-order valence-corrected chi connectivity index (χ4v) is 3.35. The molecule has 2 N–H and O–H groups in total. The smallest absolute Gasteiger partial charge is 0.191 e. The minimum atomic E-state index is 0. The van der Waals surface area contributed by atoms with Crippen LogP contribution in [0.2, 0.25) is 0 Å². The summed E-state index contributed by atoms with van der Waals surface area (Å²) in [5.41, 5.74) is 3.36. The molecule has 1 aromatic heterocycles. The second-order valence-corrected chi connectivity index (χ2v) is 7.26. The zero-order chi connectivity index (χ0) is 18.4. The molecule has 1 unspecified atom stereocenters. The fraction of sp³-hybridized carbons (Fsp3) is 0.474. The minimum absolute atomic E-state index is 0. The number of nitrogens with zero attached hydrogens (tertiary/aromatic N) is 2. The summed E-state index contributed by atoms with van der Waals surface area (Å²) in [4.78, 5) is 8.96. The van der Waals surface area contributed by atoms with Crippen LogP contribution in [0.25, 0.3) is 0 Å². The quantitative estimate of drug-likeness (QED) is 0.354. The normalized spacial score (nSPS) is 12.5. The number of thiazole rings is 1. The van der Waals surface area contributed by atoms with Crippen molar-refractivity contribution >= 4 is 41.3 Å². The van der Waals surface area contributed by atoms with Gasteiger partial charge in [-0.15, -0.1) is 35.3 Å². The molecular formula is C19H29IN4OS. The lowest BCUT2D eigenvalue weighted by Crippen LogP contribution is -2.38. The van der Waals surface area contributed by atoms with Gasteiger partial charge in [-0.3, -0.25) is 4.99 Å². The van der Waals surface area contributed by atoms with Crippen molar-refractivity contribution in [3.8, 4) is 5.75 Å². The summed E-state index contributed by atoms with van der Waals surface area (Å²) in [6, 6.07) is 6.26. The summed E-state index contributed by atoms with van der Waals surface area (Å²) in [7, 11) is 3.47. The average molecular weight is 488 g/mol. The van der Waals surface area contributed by atoms with Crippen LogP contribution < -0.4 is 15.4 Å². The van der Waals surface area contributed by atoms with Crippen LogP contribution in [0.5, 0.6) is 5.75 Å². The first-order valence-corrected chi connectivity index (χ1v) is 9.38. The number of ether oxygens (including phenoxy) is 1. The molecule has 0 spiro atoms. The van der Waals surface area contributed by atoms with E-state index in [0.717, 1.165) is 28.0 Å². The standard InChI is InChI=1S/C19H28N4OS.HI/c1-12(2)18-23-15(11-25-18)10-21-19(20-5)22-14(4)16-9-13(3)7-8-17(16)24-6;/h7-9,11-12,14H,10H2,1-6H3,(H2,20,21,22);1H. The van der Waals surface area contributed by atoms with Crippen molar-refractivity contribution < 1.29 is 4.74 Å². The van der Waals surface area contributed by atoms with Crippen molar-refractivity contribution in [3.63, 3.8) is 0 Å². The van der Waals surface area contributed by atoms with Gasteiger partial charge in [0.15, 0.2) is 5.96 Å². The van der Waals surface area contributed by atoms with E-state index < -0.39 is 0 Å². The Kier molecular flexibility index (Phi) is 9.35. The second kappa shape index (κ2) is 10.7. The summed E-state index contributed by atoms with van der Waals surface area (Å²) in [5.74, 6) is 2.09. The Morgan fingerprint density at radius 1 is 1.31 bits per heavy atom. The molecule has 26 heavy (non-hydrogen) atoms. The van der Waals surface area contributed by atoms with Gasteiger partial charge in [0.25, 0.3) is 0 Å². The predicted molar refractivity (Wildman–Crippen MR) is 121 cm³/mol. The van der Waals surface area contributed by atoms with Gasteiger partial charge in [-0.25, -0.2) is 4.98 Å². The van der Waals surface area contributed by atoms with E-state index in [1.165, 1.54) is 5.56 Å². The van der Waals surface area contributed by atoms with E-state index in [-0.39, 0.29) is 30.0 Å². The molecular weight excluding hydrogens is 459 g/mol. The van der Waals surface area contributed by atoms with E-state index in [1.54, 1.807) is 25.5 Å². The third kappa shape index (κ3) is 6.12. The molecule has 0 amide bonds. The van der Waals surface area contributed by atoms with Crippen LogP contribution in [0, 0.1) is 6.92 Å². The Bertz CT molecular complexity index is 730. The second-order valence-electron chi connectivity index (χ2n) is 6.37. The Morgan fingerprint density at radius 2 is 2.04 bits per heavy atom. The molecule has 0 aliphatic heterocycles. The largest absolute Gasteiger partial charge is 0.496 e. The molecule has 2 rings (SSSR count). The van der Waals surface area contributed by atoms with Gasteiger partial charge < -0.3 is 15.4 Å². The van der Waals surface area contributed by atoms with Crippen LogP contribution in [0.4, 0.5) is 0 Å². The Labute approximate surface area is 177 Å². The monoisotopic (exact) mass is 488 g/mol. The zero-order valence-corrected chi connectivity index (χ0v) is 19.4. The zero-order valence-electron chi connectivity index (χ0n) is 16.3. The molecule has 0 bridgehead atoms. The van der Waals surface area contributed by atoms with E-state index in [9.17, 15) is 0 Å². The fourth-order valence-electron chi connectivity index (χ4n) is 2.51. The first-order valence-electron chi connectivity index (χ1n) is 8.50. The minimum Gasteiger partial charge on any atom is -0.496 e. The van der Waals surface area contributed by atoms with Gasteiger partial charge in [0.1, 0.15) is 5.75 Å². The van der Waals surface area contributed by atoms with Gasteiger partial charge >= 0.3 is 0 Å². The third-order valence-electron chi connectivity index (χ3n) is 3.93. The van der Waals surface area contributed by atoms with Gasteiger partial charge in [0.05, 0.1) is 30.4 Å². The molecule has 0 aliphatic carbocycles. The number of benzene rings is 1. The number of hydrogen-bond acceptors (Lipinski definition) is 4. The van der Waals surface area contributed by atoms with Crippen molar-refractivity contribution in [2.24, 2.45) is 4.99 Å². The van der Waals surface area contributed by atoms with Crippen molar-refractivity contribution in [1.29, 1.82) is 0 Å². The Hall–Kier alpha value is -1.35. The Morgan fingerprint density at radius 3 is 2.62 bits per heavy atom. The van der Waals surface area contributed by atoms with Gasteiger partial charge in [-0.05, 0) is 19.9 Å². The maximum absolute atomic E-state index is 5.48. The summed E-state index contributed by atoms with van der Waals surface area (Å²) in [5, 5.41) is 10.0. The lowest BCUT2D eigenvalue weighted by molar-refractivity contribution is 0.405. The molecule has 0 aliphatic rings. The Balaban J connectivity index is 0.00000338. The highest BCUT2D eigenvalue weighted by atomic mass is 127. The molecule has 1 atom stereocenters. The molecule has 1 heterocycles. The van der Waals surface area contributed by atoms with Crippen LogP contribution in [0.1, 0.15) is 54.6 Å². The topological polar surface area (TPSA) is 58.5 Å². The van der Waals surface area contributed by atoms with Crippen LogP contribution in [0.15, 0.2) is 28.6 Å². The van der Waals surface area contributed by atoms with E-state index in [4.69, 9.17) is 4.74 Å². The molecule has 0 fully saturated rings. The summed E-state index contributed by atoms with van der Waals surface area (Å²) in [6.45, 7) is 9.16. The highest BCUT2D eigenvalue weighted by molar-refractivity contribution is 14.0. The van der Waals surface area contributed by atoms with Gasteiger partial charge in [0.2, 0.25) is 0 Å². The van der Waals surface area contributed by atoms with Crippen molar-refractivity contribution in [3.05, 3.63) is 45.4 Å². The van der Waals surface area contributed by atoms with Crippen LogP contribution >= 0.6 is 35.3 Å². The van der Waals surface area contributed by atoms with E-state index >= 15 is 0 Å². The first kappa shape index (κ1) is 22.7. The van der Waals surface area contributed by atoms with Crippen LogP contribution in [-0.4, -0.2) is 25.1 Å². The summed E-state index contributed by atoms with van der Waals surface area (Å²) >= 11 is 1.71. The average Bonchev–Trinajstić information content (AvgIpc) is 3.07. The van der Waals surface area contributed by atoms with Gasteiger partial charge in [-0.2, -0.15) is 0 Å². The number of halogens is 1. The summed E-state index contributed by atoms with van der Waals surface area (Å²) < 4.78 is 5.48. The molecule has 0 saturated carbocycles. The number of methoxy groups -OCH3 is 1. The highest BCUT2D eigenvalue weighted by Crippen LogP contribution is 2.26. The number of nitrogens with one attached hydrogen (secondary N) is 2. The number of aryl methyl sites for hydroxylation is 1. The van der Waals surface area contributed by atoms with Crippen LogP contribution in [0.3, 0.4) is 0 Å². The number of aliphatic imine (C=N–C) groups is 1. The maximum atomic E-state index is 5.48. The SMILES string of the molecule is CN=C(NCc1csc(C(C)C)n1)NC(C)c1cc(C)ccc1OC.I. The first-order chi connectivity index (χ1) is 11.9. The van der Waals surface area contributed by atoms with E-state index in [0.29, 0.717) is 12.5 Å². The molecule has 2 aromatic rings. The van der Waals surface area contributed by atoms with Crippen molar-refractivity contribution in [2.45, 2.75) is 46.2 Å². The number of aromatic nitrogens is 1. The van der Waals surface area contributed by atoms with Gasteiger partial charge in [0, 0.05) is 23.9 Å². The molecule has 7 heteroatoms. The van der Waals surface area contributed by atoms with Crippen molar-refractivity contribution in [2.75, 3.05) is 14.2 Å². The number of rotatable bonds is 6. The number of guanidine groups is 1. The van der Waals surface area contributed by atoms with Crippen molar-refractivity contribution in [1.82, 2.24) is 15.6 Å². The molecule has 0 saturated heterocycles. The number of hydrogen-bond donors (Lipinski definition) is 2. The highest BCUT2D eigenvalue weighted by Gasteiger charge is 2.13. The third-order valence-corrected chi connectivity index (χ3v) is 5.12. The lowest BCUT2D eigenvalue weighted by Gasteiger charge is -2.20. The lowest BCUT2D eigenvalue weighted by atomic mass is 10.0. The van der Waals surface area contributed by atoms with Crippen LogP contribution in [-0.2, 0) is 6.54 Å². The van der Waals surface area contributed by atoms with E-state index in [2.05, 4.69) is 65.8 Å². The predicted octanol–water partition coefficient (Wildman–Crippen LogP) is 4.63. The molecule has 5 nitrogen and oxygen atoms in total.